The number of carbonyl (C=O) groups excluding carboxylic acids is 2. The Balaban J connectivity index is 1.39. The Hall–Kier alpha value is -2.39. The zero-order chi connectivity index (χ0) is 27.0. The van der Waals surface area contributed by atoms with E-state index in [-0.39, 0.29) is 66.3 Å². The molecule has 3 fully saturated rings. The van der Waals surface area contributed by atoms with Crippen molar-refractivity contribution in [1.82, 2.24) is 20.0 Å². The maximum atomic E-state index is 12.8. The van der Waals surface area contributed by atoms with Crippen molar-refractivity contribution in [3.63, 3.8) is 0 Å². The topological polar surface area (TPSA) is 187 Å². The summed E-state index contributed by atoms with van der Waals surface area (Å²) in [4.78, 5) is 47.4. The monoisotopic (exact) mass is 539 g/mol. The quantitative estimate of drug-likeness (QED) is 0.0729. The number of carbonyl (C=O) groups is 3. The van der Waals surface area contributed by atoms with Crippen LogP contribution in [0.3, 0.4) is 0 Å². The molecule has 4 heterocycles. The minimum absolute atomic E-state index is 0.0366. The van der Waals surface area contributed by atoms with E-state index in [1.165, 1.54) is 16.7 Å². The van der Waals surface area contributed by atoms with E-state index in [2.05, 4.69) is 15.2 Å². The molecular weight excluding hydrogens is 502 g/mol. The fourth-order valence-electron chi connectivity index (χ4n) is 5.91. The molecule has 7 N–H and O–H groups in total. The molecule has 0 spiro atoms. The van der Waals surface area contributed by atoms with Gasteiger partial charge in [-0.3, -0.25) is 19.8 Å². The van der Waals surface area contributed by atoms with E-state index in [0.717, 1.165) is 0 Å². The lowest BCUT2D eigenvalue weighted by atomic mass is 9.79. The van der Waals surface area contributed by atoms with Crippen molar-refractivity contribution in [1.29, 1.82) is 0 Å². The number of rotatable bonds is 10. The number of aliphatic carboxylic acids is 1. The number of amides is 2. The number of guanidine groups is 1. The van der Waals surface area contributed by atoms with Gasteiger partial charge in [0.25, 0.3) is 0 Å². The second-order valence-electron chi connectivity index (χ2n) is 10.2. The molecule has 7 atom stereocenters. The van der Waals surface area contributed by atoms with Crippen LogP contribution in [-0.2, 0) is 19.1 Å². The number of thioether (sulfide) groups is 1. The number of nitrogens with one attached hydrogen (secondary N) is 1. The van der Waals surface area contributed by atoms with E-state index >= 15 is 0 Å². The van der Waals surface area contributed by atoms with Crippen LogP contribution in [0.1, 0.15) is 33.1 Å². The summed E-state index contributed by atoms with van der Waals surface area (Å²) in [6.45, 7) is 5.03. The molecule has 0 radical (unpaired) electrons. The first-order valence-electron chi connectivity index (χ1n) is 12.5. The number of carboxylic acids is 1. The largest absolute Gasteiger partial charge is 0.477 e. The molecule has 3 saturated heterocycles. The fraction of sp³-hybridized carbons (Fsp3) is 0.739. The number of piperidine rings is 1. The van der Waals surface area contributed by atoms with Crippen molar-refractivity contribution in [2.24, 2.45) is 28.3 Å². The maximum absolute atomic E-state index is 12.8. The smallest absolute Gasteiger partial charge is 0.353 e. The van der Waals surface area contributed by atoms with E-state index in [1.807, 2.05) is 18.9 Å². The zero-order valence-corrected chi connectivity index (χ0v) is 22.2. The summed E-state index contributed by atoms with van der Waals surface area (Å²) in [5, 5.41) is 23.3. The highest BCUT2D eigenvalue weighted by Crippen LogP contribution is 2.52. The average molecular weight is 540 g/mol. The summed E-state index contributed by atoms with van der Waals surface area (Å²) in [5.74, 6) is -2.16. The van der Waals surface area contributed by atoms with Gasteiger partial charge >= 0.3 is 5.97 Å². The summed E-state index contributed by atoms with van der Waals surface area (Å²) in [6, 6.07) is -0.263. The van der Waals surface area contributed by atoms with Crippen LogP contribution in [-0.4, -0.2) is 112 Å². The molecule has 206 valence electrons. The fourth-order valence-corrected chi connectivity index (χ4v) is 7.50. The number of nitrogens with two attached hydrogens (primary N) is 2. The van der Waals surface area contributed by atoms with Gasteiger partial charge in [-0.15, -0.1) is 11.8 Å². The van der Waals surface area contributed by atoms with E-state index < -0.39 is 18.0 Å². The number of hydrogen-bond donors (Lipinski definition) is 5. The van der Waals surface area contributed by atoms with Crippen molar-refractivity contribution < 1.29 is 29.3 Å². The third-order valence-electron chi connectivity index (χ3n) is 7.70. The highest BCUT2D eigenvalue weighted by molar-refractivity contribution is 8.03. The molecule has 0 saturated carbocycles. The van der Waals surface area contributed by atoms with Crippen LogP contribution in [0.4, 0.5) is 0 Å². The Labute approximate surface area is 220 Å². The number of aliphatic hydroxyl groups excluding tert-OH is 1. The van der Waals surface area contributed by atoms with Gasteiger partial charge < -0.3 is 36.2 Å². The van der Waals surface area contributed by atoms with Crippen LogP contribution in [0.25, 0.3) is 0 Å². The lowest BCUT2D eigenvalue weighted by Crippen LogP contribution is -2.63. The standard InChI is InChI=1S/C23H37N7O6S/c1-11-18-17(12(2)31)21(33)30(18)19(22(34)35)20(11)37-14-6-15(28(3)8-14)29-7-13(4-5-16(29)32)26-9-36-10-27-23(24)25/h11-15,17-18,26,31H,4-10H2,1-3H3,(H,34,35)(H4,24,25,27)/t11-,12-,13+,14+,15-,17-,18-/m1/s1. The van der Waals surface area contributed by atoms with Crippen molar-refractivity contribution in [2.75, 3.05) is 33.6 Å². The number of hydrogen-bond acceptors (Lipinski definition) is 9. The van der Waals surface area contributed by atoms with Crippen LogP contribution in [0, 0.1) is 11.8 Å². The molecule has 0 aromatic rings. The average Bonchev–Trinajstić information content (AvgIpc) is 3.29. The maximum Gasteiger partial charge on any atom is 0.353 e. The van der Waals surface area contributed by atoms with Gasteiger partial charge in [-0.25, -0.2) is 9.79 Å². The Bertz CT molecular complexity index is 987. The number of aliphatic imine (C=N–C) groups is 1. The summed E-state index contributed by atoms with van der Waals surface area (Å²) >= 11 is 1.49. The molecule has 14 heteroatoms. The van der Waals surface area contributed by atoms with Crippen molar-refractivity contribution in [3.05, 3.63) is 10.6 Å². The Morgan fingerprint density at radius 1 is 1.32 bits per heavy atom. The van der Waals surface area contributed by atoms with Crippen LogP contribution >= 0.6 is 11.8 Å². The molecule has 0 bridgehead atoms. The second kappa shape index (κ2) is 11.2. The van der Waals surface area contributed by atoms with Gasteiger partial charge in [0.1, 0.15) is 12.4 Å². The number of fused-ring (bicyclic) bond motifs is 1. The number of likely N-dealkylation sites (tertiary alicyclic amines) is 2. The molecule has 0 aliphatic carbocycles. The Morgan fingerprint density at radius 2 is 2.05 bits per heavy atom. The van der Waals surface area contributed by atoms with Gasteiger partial charge in [0.15, 0.2) is 5.96 Å². The molecule has 0 aromatic carbocycles. The van der Waals surface area contributed by atoms with Gasteiger partial charge in [-0.2, -0.15) is 0 Å². The highest BCUT2D eigenvalue weighted by Gasteiger charge is 2.60. The van der Waals surface area contributed by atoms with Gasteiger partial charge in [0.2, 0.25) is 11.8 Å². The predicted molar refractivity (Wildman–Crippen MR) is 137 cm³/mol. The van der Waals surface area contributed by atoms with Crippen LogP contribution in [0.2, 0.25) is 0 Å². The van der Waals surface area contributed by atoms with Gasteiger partial charge in [-0.1, -0.05) is 6.92 Å². The normalized spacial score (nSPS) is 33.0. The molecule has 4 rings (SSSR count). The predicted octanol–water partition coefficient (Wildman–Crippen LogP) is -1.31. The number of aliphatic hydroxyl groups is 1. The molecule has 4 aliphatic rings. The van der Waals surface area contributed by atoms with E-state index in [4.69, 9.17) is 16.2 Å². The molecule has 4 aliphatic heterocycles. The lowest BCUT2D eigenvalue weighted by Gasteiger charge is -2.46. The molecule has 0 aromatic heterocycles. The summed E-state index contributed by atoms with van der Waals surface area (Å²) < 4.78 is 5.37. The SMILES string of the molecule is C[C@@H](O)[C@H]1C(=O)N2C(C(=O)O)=C(S[C@H]3C[C@@H](N4C[C@@H](NCOCN=C(N)N)CCC4=O)N(C)C3)[C@H](C)[C@H]12. The summed E-state index contributed by atoms with van der Waals surface area (Å²) in [5.41, 5.74) is 10.6. The minimum atomic E-state index is -1.13. The Kier molecular flexibility index (Phi) is 8.33. The van der Waals surface area contributed by atoms with E-state index in [1.54, 1.807) is 6.92 Å². The van der Waals surface area contributed by atoms with Crippen molar-refractivity contribution in [3.8, 4) is 0 Å². The lowest BCUT2D eigenvalue weighted by molar-refractivity contribution is -0.163. The minimum Gasteiger partial charge on any atom is -0.477 e. The van der Waals surface area contributed by atoms with Crippen LogP contribution in [0.15, 0.2) is 15.6 Å². The van der Waals surface area contributed by atoms with Crippen LogP contribution < -0.4 is 16.8 Å². The second-order valence-corrected chi connectivity index (χ2v) is 11.6. The molecule has 2 amide bonds. The number of ether oxygens (including phenoxy) is 1. The number of β-lactam (4-membered cyclic amide) rings is 1. The van der Waals surface area contributed by atoms with Gasteiger partial charge in [0, 0.05) is 41.6 Å². The first-order valence-corrected chi connectivity index (χ1v) is 13.4. The van der Waals surface area contributed by atoms with Gasteiger partial charge in [0.05, 0.1) is 31.0 Å². The molecule has 0 unspecified atom stereocenters. The highest BCUT2D eigenvalue weighted by atomic mass is 32.2. The molecule has 13 nitrogen and oxygen atoms in total. The first-order chi connectivity index (χ1) is 17.5. The van der Waals surface area contributed by atoms with Gasteiger partial charge in [-0.05, 0) is 26.8 Å². The number of carboxylic acid groups (broad SMARTS) is 1. The zero-order valence-electron chi connectivity index (χ0n) is 21.4. The molecule has 37 heavy (non-hydrogen) atoms. The molecular formula is C23H37N7O6S. The van der Waals surface area contributed by atoms with E-state index in [0.29, 0.717) is 37.3 Å². The first kappa shape index (κ1) is 27.6. The Morgan fingerprint density at radius 3 is 2.70 bits per heavy atom. The third kappa shape index (κ3) is 5.43. The van der Waals surface area contributed by atoms with Crippen molar-refractivity contribution in [2.45, 2.75) is 62.7 Å². The summed E-state index contributed by atoms with van der Waals surface area (Å²) in [6.07, 6.45) is 0.881. The summed E-state index contributed by atoms with van der Waals surface area (Å²) in [7, 11) is 1.97. The van der Waals surface area contributed by atoms with Crippen molar-refractivity contribution >= 4 is 35.5 Å². The van der Waals surface area contributed by atoms with Crippen LogP contribution in [0.5, 0.6) is 0 Å². The third-order valence-corrected chi connectivity index (χ3v) is 9.19. The number of nitrogens with zero attached hydrogens (tertiary/aromatic N) is 4. The van der Waals surface area contributed by atoms with E-state index in [9.17, 15) is 24.6 Å².